The van der Waals surface area contributed by atoms with Crippen LogP contribution in [0.3, 0.4) is 0 Å². The molecule has 70 valence electrons. The zero-order valence-corrected chi connectivity index (χ0v) is 8.26. The predicted octanol–water partition coefficient (Wildman–Crippen LogP) is 1.55. The maximum absolute atomic E-state index is 5.96. The third kappa shape index (κ3) is 1.27. The van der Waals surface area contributed by atoms with E-state index in [9.17, 15) is 0 Å². The first-order valence-electron chi connectivity index (χ1n) is 4.98. The Balaban J connectivity index is 2.10. The van der Waals surface area contributed by atoms with Crippen molar-refractivity contribution in [1.82, 2.24) is 5.32 Å². The van der Waals surface area contributed by atoms with Gasteiger partial charge in [-0.2, -0.15) is 0 Å². The smallest absolute Gasteiger partial charge is 0.0783 e. The van der Waals surface area contributed by atoms with E-state index in [2.05, 4.69) is 26.1 Å². The minimum atomic E-state index is 0.381. The molecule has 1 aliphatic heterocycles. The van der Waals surface area contributed by atoms with Crippen molar-refractivity contribution in [2.45, 2.75) is 51.9 Å². The largest absolute Gasteiger partial charge is 0.372 e. The second kappa shape index (κ2) is 2.71. The molecule has 12 heavy (non-hydrogen) atoms. The fourth-order valence-electron chi connectivity index (χ4n) is 2.47. The van der Waals surface area contributed by atoms with Crippen molar-refractivity contribution in [3.63, 3.8) is 0 Å². The van der Waals surface area contributed by atoms with Crippen LogP contribution in [0.15, 0.2) is 0 Å². The first-order chi connectivity index (χ1) is 5.59. The van der Waals surface area contributed by atoms with E-state index in [-0.39, 0.29) is 0 Å². The first-order valence-corrected chi connectivity index (χ1v) is 4.98. The van der Waals surface area contributed by atoms with E-state index in [4.69, 9.17) is 4.74 Å². The molecule has 1 saturated carbocycles. The van der Waals surface area contributed by atoms with Crippen LogP contribution >= 0.6 is 0 Å². The van der Waals surface area contributed by atoms with Gasteiger partial charge in [-0.25, -0.2) is 0 Å². The topological polar surface area (TPSA) is 21.3 Å². The van der Waals surface area contributed by atoms with Gasteiger partial charge in [0.1, 0.15) is 0 Å². The van der Waals surface area contributed by atoms with Crippen LogP contribution in [0.1, 0.15) is 33.6 Å². The van der Waals surface area contributed by atoms with Gasteiger partial charge in [-0.05, 0) is 25.2 Å². The van der Waals surface area contributed by atoms with Crippen LogP contribution in [0, 0.1) is 5.41 Å². The van der Waals surface area contributed by atoms with Crippen LogP contribution in [0.2, 0.25) is 0 Å². The van der Waals surface area contributed by atoms with Gasteiger partial charge < -0.3 is 10.1 Å². The Morgan fingerprint density at radius 2 is 2.17 bits per heavy atom. The highest BCUT2D eigenvalue weighted by Crippen LogP contribution is 2.41. The molecule has 2 fully saturated rings. The van der Waals surface area contributed by atoms with Gasteiger partial charge in [0, 0.05) is 12.6 Å². The molecule has 0 aromatic carbocycles. The molecule has 1 aliphatic carbocycles. The molecule has 3 atom stereocenters. The molecule has 0 bridgehead atoms. The van der Waals surface area contributed by atoms with Gasteiger partial charge in [0.05, 0.1) is 12.2 Å². The van der Waals surface area contributed by atoms with Gasteiger partial charge in [-0.1, -0.05) is 13.8 Å². The lowest BCUT2D eigenvalue weighted by atomic mass is 9.88. The minimum absolute atomic E-state index is 0.381. The summed E-state index contributed by atoms with van der Waals surface area (Å²) in [7, 11) is 0. The maximum Gasteiger partial charge on any atom is 0.0783 e. The summed E-state index contributed by atoms with van der Waals surface area (Å²) in [5.41, 5.74) is 0.381. The summed E-state index contributed by atoms with van der Waals surface area (Å²) in [5, 5.41) is 3.56. The molecule has 3 unspecified atom stereocenters. The zero-order chi connectivity index (χ0) is 8.77. The molecule has 0 amide bonds. The van der Waals surface area contributed by atoms with Crippen molar-refractivity contribution in [3.05, 3.63) is 0 Å². The molecule has 0 aromatic heterocycles. The lowest BCUT2D eigenvalue weighted by Gasteiger charge is -2.38. The molecule has 1 heterocycles. The normalized spacial score (nSPS) is 45.8. The number of nitrogens with one attached hydrogen (secondary N) is 1. The second-order valence-corrected chi connectivity index (χ2v) is 4.91. The Bertz CT molecular complexity index is 179. The molecule has 2 nitrogen and oxygen atoms in total. The molecule has 0 aromatic rings. The highest BCUT2D eigenvalue weighted by Gasteiger charge is 2.45. The van der Waals surface area contributed by atoms with Crippen LogP contribution in [0.25, 0.3) is 0 Å². The Kier molecular flexibility index (Phi) is 1.92. The average molecular weight is 169 g/mol. The summed E-state index contributed by atoms with van der Waals surface area (Å²) in [4.78, 5) is 0. The van der Waals surface area contributed by atoms with E-state index in [0.717, 1.165) is 6.54 Å². The van der Waals surface area contributed by atoms with Crippen molar-refractivity contribution < 1.29 is 4.74 Å². The van der Waals surface area contributed by atoms with Gasteiger partial charge in [0.15, 0.2) is 0 Å². The van der Waals surface area contributed by atoms with Crippen LogP contribution in [-0.4, -0.2) is 24.8 Å². The predicted molar refractivity (Wildman–Crippen MR) is 49.1 cm³/mol. The van der Waals surface area contributed by atoms with Crippen molar-refractivity contribution >= 4 is 0 Å². The third-order valence-electron chi connectivity index (χ3n) is 3.28. The highest BCUT2D eigenvalue weighted by molar-refractivity contribution is 4.99. The van der Waals surface area contributed by atoms with E-state index in [0.29, 0.717) is 23.7 Å². The summed E-state index contributed by atoms with van der Waals surface area (Å²) in [6, 6.07) is 0.621. The Morgan fingerprint density at radius 3 is 2.92 bits per heavy atom. The number of hydrogen-bond donors (Lipinski definition) is 1. The molecular weight excluding hydrogens is 150 g/mol. The van der Waals surface area contributed by atoms with Crippen LogP contribution < -0.4 is 5.32 Å². The molecule has 2 aliphatic rings. The van der Waals surface area contributed by atoms with Gasteiger partial charge in [0.2, 0.25) is 0 Å². The number of morpholine rings is 1. The van der Waals surface area contributed by atoms with Crippen molar-refractivity contribution in [3.8, 4) is 0 Å². The van der Waals surface area contributed by atoms with Crippen LogP contribution in [0.5, 0.6) is 0 Å². The van der Waals surface area contributed by atoms with E-state index >= 15 is 0 Å². The average Bonchev–Trinajstić information content (AvgIpc) is 2.28. The second-order valence-electron chi connectivity index (χ2n) is 4.91. The number of hydrogen-bond acceptors (Lipinski definition) is 2. The van der Waals surface area contributed by atoms with Gasteiger partial charge in [0.25, 0.3) is 0 Å². The lowest BCUT2D eigenvalue weighted by molar-refractivity contribution is -0.0850. The van der Waals surface area contributed by atoms with Gasteiger partial charge >= 0.3 is 0 Å². The summed E-state index contributed by atoms with van der Waals surface area (Å²) in [6.45, 7) is 7.81. The maximum atomic E-state index is 5.96. The standard InChI is InChI=1S/C10H19NO/c1-7-6-11-8-4-5-10(2,3)9(8)12-7/h7-9,11H,4-6H2,1-3H3. The van der Waals surface area contributed by atoms with Gasteiger partial charge in [-0.3, -0.25) is 0 Å². The summed E-state index contributed by atoms with van der Waals surface area (Å²) >= 11 is 0. The fraction of sp³-hybridized carbons (Fsp3) is 1.00. The van der Waals surface area contributed by atoms with Crippen LogP contribution in [0.4, 0.5) is 0 Å². The van der Waals surface area contributed by atoms with Gasteiger partial charge in [-0.15, -0.1) is 0 Å². The van der Waals surface area contributed by atoms with Crippen LogP contribution in [-0.2, 0) is 4.74 Å². The molecular formula is C10H19NO. The summed E-state index contributed by atoms with van der Waals surface area (Å²) in [5.74, 6) is 0. The number of fused-ring (bicyclic) bond motifs is 1. The molecule has 0 radical (unpaired) electrons. The quantitative estimate of drug-likeness (QED) is 0.594. The zero-order valence-electron chi connectivity index (χ0n) is 8.26. The fourth-order valence-corrected chi connectivity index (χ4v) is 2.47. The van der Waals surface area contributed by atoms with E-state index < -0.39 is 0 Å². The number of rotatable bonds is 0. The van der Waals surface area contributed by atoms with Crippen molar-refractivity contribution in [1.29, 1.82) is 0 Å². The number of ether oxygens (including phenoxy) is 1. The Hall–Kier alpha value is -0.0800. The van der Waals surface area contributed by atoms with Crippen molar-refractivity contribution in [2.75, 3.05) is 6.54 Å². The Labute approximate surface area is 74.7 Å². The van der Waals surface area contributed by atoms with Crippen molar-refractivity contribution in [2.24, 2.45) is 5.41 Å². The first kappa shape index (κ1) is 8.52. The van der Waals surface area contributed by atoms with E-state index in [1.54, 1.807) is 0 Å². The molecule has 2 heteroatoms. The van der Waals surface area contributed by atoms with E-state index in [1.165, 1.54) is 12.8 Å². The monoisotopic (exact) mass is 169 g/mol. The lowest BCUT2D eigenvalue weighted by Crippen LogP contribution is -2.52. The minimum Gasteiger partial charge on any atom is -0.372 e. The summed E-state index contributed by atoms with van der Waals surface area (Å²) in [6.07, 6.45) is 3.41. The molecule has 2 rings (SSSR count). The third-order valence-corrected chi connectivity index (χ3v) is 3.28. The van der Waals surface area contributed by atoms with E-state index in [1.807, 2.05) is 0 Å². The summed E-state index contributed by atoms with van der Waals surface area (Å²) < 4.78 is 5.96. The SMILES string of the molecule is CC1CNC2CCC(C)(C)C2O1. The molecule has 0 spiro atoms. The Morgan fingerprint density at radius 1 is 1.42 bits per heavy atom. The molecule has 1 N–H and O–H groups in total. The highest BCUT2D eigenvalue weighted by atomic mass is 16.5. The molecule has 1 saturated heterocycles.